The van der Waals surface area contributed by atoms with Gasteiger partial charge < -0.3 is 21.1 Å². The number of amides is 1. The average molecular weight is 462 g/mol. The van der Waals surface area contributed by atoms with E-state index in [2.05, 4.69) is 25.8 Å². The third-order valence-electron chi connectivity index (χ3n) is 4.17. The highest BCUT2D eigenvalue weighted by atomic mass is 35.5. The van der Waals surface area contributed by atoms with Gasteiger partial charge in [-0.15, -0.1) is 4.80 Å². The molecule has 174 valence electrons. The standard InChI is InChI=1S/C18H20ClN7O2.2C2H6/c1-9-10(2)25-26(24-9)13-7-5-6-11(16(13)28-4)22-12-8-14(19)23-17(20)15(12)18(27)21-3;2*1-2/h5-8H,1-4H3,(H,21,27)(H3,20,22,23);2*1-2H3. The highest BCUT2D eigenvalue weighted by Crippen LogP contribution is 2.35. The molecule has 0 bridgehead atoms. The zero-order valence-corrected chi connectivity index (χ0v) is 20.6. The van der Waals surface area contributed by atoms with Crippen LogP contribution in [0.5, 0.6) is 5.75 Å². The Labute approximate surface area is 194 Å². The molecule has 0 atom stereocenters. The summed E-state index contributed by atoms with van der Waals surface area (Å²) in [6, 6.07) is 6.97. The molecule has 4 N–H and O–H groups in total. The number of anilines is 3. The molecule has 0 saturated heterocycles. The summed E-state index contributed by atoms with van der Waals surface area (Å²) in [4.78, 5) is 17.7. The van der Waals surface area contributed by atoms with Gasteiger partial charge in [-0.1, -0.05) is 45.4 Å². The molecule has 0 saturated carbocycles. The number of aryl methyl sites for hydroxylation is 2. The zero-order valence-electron chi connectivity index (χ0n) is 19.9. The second-order valence-electron chi connectivity index (χ2n) is 5.98. The van der Waals surface area contributed by atoms with Crippen LogP contribution in [0.25, 0.3) is 5.69 Å². The lowest BCUT2D eigenvalue weighted by Crippen LogP contribution is -2.21. The number of benzene rings is 1. The maximum atomic E-state index is 12.3. The van der Waals surface area contributed by atoms with Gasteiger partial charge in [-0.3, -0.25) is 4.79 Å². The monoisotopic (exact) mass is 461 g/mol. The van der Waals surface area contributed by atoms with Crippen LogP contribution >= 0.6 is 11.6 Å². The van der Waals surface area contributed by atoms with E-state index >= 15 is 0 Å². The molecular formula is C22H32ClN7O2. The minimum atomic E-state index is -0.390. The molecule has 2 heterocycles. The van der Waals surface area contributed by atoms with Crippen molar-refractivity contribution in [2.45, 2.75) is 41.5 Å². The minimum absolute atomic E-state index is 0.0180. The van der Waals surface area contributed by atoms with Crippen LogP contribution < -0.4 is 21.1 Å². The molecule has 0 aliphatic carbocycles. The molecular weight excluding hydrogens is 430 g/mol. The first-order valence-corrected chi connectivity index (χ1v) is 10.8. The molecule has 10 heteroatoms. The van der Waals surface area contributed by atoms with Crippen molar-refractivity contribution in [3.05, 3.63) is 46.4 Å². The lowest BCUT2D eigenvalue weighted by Gasteiger charge is -2.17. The van der Waals surface area contributed by atoms with Crippen LogP contribution in [0.2, 0.25) is 5.15 Å². The molecule has 32 heavy (non-hydrogen) atoms. The van der Waals surface area contributed by atoms with Crippen LogP contribution in [-0.4, -0.2) is 40.0 Å². The number of hydrogen-bond acceptors (Lipinski definition) is 7. The number of nitrogens with two attached hydrogens (primary N) is 1. The smallest absolute Gasteiger partial charge is 0.256 e. The fourth-order valence-electron chi connectivity index (χ4n) is 2.69. The van der Waals surface area contributed by atoms with Crippen molar-refractivity contribution in [3.8, 4) is 11.4 Å². The van der Waals surface area contributed by atoms with Crippen molar-refractivity contribution in [1.29, 1.82) is 0 Å². The molecule has 0 aliphatic heterocycles. The normalized spacial score (nSPS) is 9.66. The van der Waals surface area contributed by atoms with Crippen molar-refractivity contribution in [2.24, 2.45) is 0 Å². The number of nitrogens with one attached hydrogen (secondary N) is 2. The number of pyridine rings is 1. The molecule has 0 unspecified atom stereocenters. The Hall–Kier alpha value is -3.33. The number of ether oxygens (including phenoxy) is 1. The molecule has 9 nitrogen and oxygen atoms in total. The van der Waals surface area contributed by atoms with E-state index in [-0.39, 0.29) is 22.4 Å². The predicted octanol–water partition coefficient (Wildman–Crippen LogP) is 4.68. The van der Waals surface area contributed by atoms with E-state index in [9.17, 15) is 4.79 Å². The fourth-order valence-corrected chi connectivity index (χ4v) is 2.89. The summed E-state index contributed by atoms with van der Waals surface area (Å²) in [7, 11) is 3.05. The molecule has 0 aliphatic rings. The van der Waals surface area contributed by atoms with E-state index in [0.717, 1.165) is 11.4 Å². The zero-order chi connectivity index (χ0) is 24.4. The van der Waals surface area contributed by atoms with Crippen LogP contribution in [0.3, 0.4) is 0 Å². The van der Waals surface area contributed by atoms with Crippen LogP contribution in [0.1, 0.15) is 49.4 Å². The molecule has 1 aromatic carbocycles. The van der Waals surface area contributed by atoms with Crippen LogP contribution in [0, 0.1) is 13.8 Å². The Bertz CT molecular complexity index is 1030. The van der Waals surface area contributed by atoms with Gasteiger partial charge in [-0.05, 0) is 32.0 Å². The lowest BCUT2D eigenvalue weighted by atomic mass is 10.1. The summed E-state index contributed by atoms with van der Waals surface area (Å²) in [5, 5.41) is 14.7. The van der Waals surface area contributed by atoms with Crippen LogP contribution in [-0.2, 0) is 0 Å². The Morgan fingerprint density at radius 2 is 1.69 bits per heavy atom. The van der Waals surface area contributed by atoms with E-state index in [0.29, 0.717) is 22.8 Å². The summed E-state index contributed by atoms with van der Waals surface area (Å²) in [6.45, 7) is 11.8. The lowest BCUT2D eigenvalue weighted by molar-refractivity contribution is 0.0964. The first-order chi connectivity index (χ1) is 15.3. The highest BCUT2D eigenvalue weighted by Gasteiger charge is 2.20. The maximum absolute atomic E-state index is 12.3. The summed E-state index contributed by atoms with van der Waals surface area (Å²) >= 11 is 6.04. The Balaban J connectivity index is 0.00000121. The molecule has 3 aromatic rings. The SMILES string of the molecule is CC.CC.CNC(=O)c1c(Nc2cccc(-n3nc(C)c(C)n3)c2OC)cc(Cl)nc1N. The number of hydrogen-bond donors (Lipinski definition) is 3. The van der Waals surface area contributed by atoms with Gasteiger partial charge in [0.1, 0.15) is 22.2 Å². The van der Waals surface area contributed by atoms with Gasteiger partial charge in [-0.25, -0.2) is 4.98 Å². The van der Waals surface area contributed by atoms with Crippen LogP contribution in [0.4, 0.5) is 17.2 Å². The number of aromatic nitrogens is 4. The van der Waals surface area contributed by atoms with Gasteiger partial charge in [0.2, 0.25) is 0 Å². The van der Waals surface area contributed by atoms with E-state index in [1.54, 1.807) is 13.2 Å². The summed E-state index contributed by atoms with van der Waals surface area (Å²) in [6.07, 6.45) is 0. The number of halogens is 1. The predicted molar refractivity (Wildman–Crippen MR) is 130 cm³/mol. The third kappa shape index (κ3) is 5.88. The number of nitrogens with zero attached hydrogens (tertiary/aromatic N) is 4. The van der Waals surface area contributed by atoms with E-state index in [1.165, 1.54) is 17.9 Å². The van der Waals surface area contributed by atoms with E-state index in [4.69, 9.17) is 22.1 Å². The van der Waals surface area contributed by atoms with Crippen molar-refractivity contribution >= 4 is 34.7 Å². The number of rotatable bonds is 5. The van der Waals surface area contributed by atoms with Gasteiger partial charge in [0.05, 0.1) is 29.9 Å². The third-order valence-corrected chi connectivity index (χ3v) is 4.36. The van der Waals surface area contributed by atoms with Crippen LogP contribution in [0.15, 0.2) is 24.3 Å². The molecule has 3 rings (SSSR count). The number of nitrogen functional groups attached to an aromatic ring is 1. The Morgan fingerprint density at radius 1 is 1.09 bits per heavy atom. The van der Waals surface area contributed by atoms with Gasteiger partial charge in [0, 0.05) is 7.05 Å². The molecule has 0 spiro atoms. The van der Waals surface area contributed by atoms with E-state index in [1.807, 2.05) is 53.7 Å². The van der Waals surface area contributed by atoms with Gasteiger partial charge >= 0.3 is 0 Å². The number of carbonyl (C=O) groups is 1. The summed E-state index contributed by atoms with van der Waals surface area (Å²) in [5.74, 6) is 0.121. The Morgan fingerprint density at radius 3 is 2.22 bits per heavy atom. The second kappa shape index (κ2) is 12.5. The quantitative estimate of drug-likeness (QED) is 0.472. The maximum Gasteiger partial charge on any atom is 0.256 e. The van der Waals surface area contributed by atoms with Crippen molar-refractivity contribution in [1.82, 2.24) is 25.3 Å². The summed E-state index contributed by atoms with van der Waals surface area (Å²) < 4.78 is 5.60. The van der Waals surface area contributed by atoms with E-state index < -0.39 is 0 Å². The van der Waals surface area contributed by atoms with Gasteiger partial charge in [-0.2, -0.15) is 10.2 Å². The second-order valence-corrected chi connectivity index (χ2v) is 6.36. The topological polar surface area (TPSA) is 120 Å². The van der Waals surface area contributed by atoms with Crippen molar-refractivity contribution in [2.75, 3.05) is 25.2 Å². The van der Waals surface area contributed by atoms with Gasteiger partial charge in [0.25, 0.3) is 5.91 Å². The first kappa shape index (κ1) is 26.7. The molecule has 1 amide bonds. The number of methoxy groups -OCH3 is 1. The highest BCUT2D eigenvalue weighted by molar-refractivity contribution is 6.30. The molecule has 0 fully saturated rings. The minimum Gasteiger partial charge on any atom is -0.492 e. The Kier molecular flexibility index (Phi) is 10.4. The van der Waals surface area contributed by atoms with Crippen molar-refractivity contribution < 1.29 is 9.53 Å². The largest absolute Gasteiger partial charge is 0.492 e. The fraction of sp³-hybridized carbons (Fsp3) is 0.364. The molecule has 0 radical (unpaired) electrons. The average Bonchev–Trinajstić information content (AvgIpc) is 3.13. The first-order valence-electron chi connectivity index (χ1n) is 10.4. The summed E-state index contributed by atoms with van der Waals surface area (Å²) in [5.41, 5.74) is 9.34. The number of carbonyl (C=O) groups excluding carboxylic acids is 1. The number of para-hydroxylation sites is 1. The van der Waals surface area contributed by atoms with Crippen molar-refractivity contribution in [3.63, 3.8) is 0 Å². The van der Waals surface area contributed by atoms with Gasteiger partial charge in [0.15, 0.2) is 5.75 Å². The molecule has 2 aromatic heterocycles.